The standard InChI is InChI=1S/C14H10FN3/c15-11-3-1-10(2-4-11)12-5-8-17-13(18-12)14(9-16)6-7-14/h1-5,8H,6-7H2. The minimum atomic E-state index is -0.490. The third-order valence-corrected chi connectivity index (χ3v) is 3.19. The van der Waals surface area contributed by atoms with Gasteiger partial charge >= 0.3 is 0 Å². The molecule has 0 unspecified atom stereocenters. The normalized spacial score (nSPS) is 16.0. The van der Waals surface area contributed by atoms with Gasteiger partial charge in [-0.2, -0.15) is 5.26 Å². The van der Waals surface area contributed by atoms with Crippen LogP contribution in [-0.2, 0) is 5.41 Å². The number of benzene rings is 1. The lowest BCUT2D eigenvalue weighted by Crippen LogP contribution is -2.09. The van der Waals surface area contributed by atoms with Crippen LogP contribution in [0, 0.1) is 17.1 Å². The molecule has 4 heteroatoms. The quantitative estimate of drug-likeness (QED) is 0.809. The summed E-state index contributed by atoms with van der Waals surface area (Å²) in [5.74, 6) is 0.301. The molecule has 0 spiro atoms. The average Bonchev–Trinajstić information content (AvgIpc) is 3.21. The van der Waals surface area contributed by atoms with Gasteiger partial charge in [-0.05, 0) is 43.2 Å². The summed E-state index contributed by atoms with van der Waals surface area (Å²) in [6.07, 6.45) is 3.28. The Kier molecular flexibility index (Phi) is 2.34. The van der Waals surface area contributed by atoms with Gasteiger partial charge in [0.15, 0.2) is 0 Å². The van der Waals surface area contributed by atoms with Gasteiger partial charge < -0.3 is 0 Å². The van der Waals surface area contributed by atoms with Crippen LogP contribution in [0.4, 0.5) is 4.39 Å². The first-order chi connectivity index (χ1) is 8.73. The van der Waals surface area contributed by atoms with Crippen LogP contribution in [0.5, 0.6) is 0 Å². The van der Waals surface area contributed by atoms with E-state index in [2.05, 4.69) is 16.0 Å². The molecule has 0 bridgehead atoms. The Hall–Kier alpha value is -2.28. The average molecular weight is 239 g/mol. The lowest BCUT2D eigenvalue weighted by atomic mass is 10.1. The van der Waals surface area contributed by atoms with Crippen LogP contribution < -0.4 is 0 Å². The second kappa shape index (κ2) is 3.88. The highest BCUT2D eigenvalue weighted by Gasteiger charge is 2.47. The van der Waals surface area contributed by atoms with E-state index in [1.54, 1.807) is 24.4 Å². The predicted octanol–water partition coefficient (Wildman–Crippen LogP) is 2.84. The first-order valence-corrected chi connectivity index (χ1v) is 5.74. The Balaban J connectivity index is 2.02. The van der Waals surface area contributed by atoms with Crippen molar-refractivity contribution in [2.24, 2.45) is 0 Å². The minimum absolute atomic E-state index is 0.274. The van der Waals surface area contributed by atoms with Gasteiger partial charge in [0.25, 0.3) is 0 Å². The molecule has 1 aromatic carbocycles. The van der Waals surface area contributed by atoms with E-state index < -0.39 is 5.41 Å². The van der Waals surface area contributed by atoms with Gasteiger partial charge in [-0.3, -0.25) is 0 Å². The first kappa shape index (κ1) is 10.8. The molecule has 88 valence electrons. The van der Waals surface area contributed by atoms with Gasteiger partial charge in [-0.25, -0.2) is 14.4 Å². The van der Waals surface area contributed by atoms with Crippen LogP contribution in [0.1, 0.15) is 18.7 Å². The van der Waals surface area contributed by atoms with Crippen LogP contribution in [0.25, 0.3) is 11.3 Å². The molecular formula is C14H10FN3. The molecule has 3 nitrogen and oxygen atoms in total. The lowest BCUT2D eigenvalue weighted by molar-refractivity contribution is 0.628. The fourth-order valence-electron chi connectivity index (χ4n) is 1.88. The third-order valence-electron chi connectivity index (χ3n) is 3.19. The van der Waals surface area contributed by atoms with Crippen molar-refractivity contribution < 1.29 is 4.39 Å². The maximum Gasteiger partial charge on any atom is 0.149 e. The minimum Gasteiger partial charge on any atom is -0.240 e. The summed E-state index contributed by atoms with van der Waals surface area (Å²) in [5, 5.41) is 9.13. The molecule has 0 atom stereocenters. The van der Waals surface area contributed by atoms with Crippen molar-refractivity contribution >= 4 is 0 Å². The summed E-state index contributed by atoms with van der Waals surface area (Å²) >= 11 is 0. The summed E-state index contributed by atoms with van der Waals surface area (Å²) in [7, 11) is 0. The smallest absolute Gasteiger partial charge is 0.149 e. The maximum absolute atomic E-state index is 12.9. The van der Waals surface area contributed by atoms with Gasteiger partial charge in [0, 0.05) is 11.8 Å². The van der Waals surface area contributed by atoms with Gasteiger partial charge in [0.1, 0.15) is 17.1 Å². The summed E-state index contributed by atoms with van der Waals surface area (Å²) in [4.78, 5) is 8.60. The van der Waals surface area contributed by atoms with Crippen LogP contribution in [0.3, 0.4) is 0 Å². The van der Waals surface area contributed by atoms with Crippen molar-refractivity contribution in [2.75, 3.05) is 0 Å². The van der Waals surface area contributed by atoms with Crippen LogP contribution in [-0.4, -0.2) is 9.97 Å². The fourth-order valence-corrected chi connectivity index (χ4v) is 1.88. The number of hydrogen-bond acceptors (Lipinski definition) is 3. The Bertz CT molecular complexity index is 624. The number of rotatable bonds is 2. The van der Waals surface area contributed by atoms with Crippen LogP contribution in [0.2, 0.25) is 0 Å². The molecule has 1 aromatic heterocycles. The second-order valence-corrected chi connectivity index (χ2v) is 4.47. The van der Waals surface area contributed by atoms with Crippen molar-refractivity contribution in [3.05, 3.63) is 48.2 Å². The number of aromatic nitrogens is 2. The molecule has 0 saturated heterocycles. The zero-order chi connectivity index (χ0) is 12.6. The number of halogens is 1. The highest BCUT2D eigenvalue weighted by atomic mass is 19.1. The number of hydrogen-bond donors (Lipinski definition) is 0. The number of nitrogens with zero attached hydrogens (tertiary/aromatic N) is 3. The van der Waals surface area contributed by atoms with E-state index in [4.69, 9.17) is 5.26 Å². The summed E-state index contributed by atoms with van der Waals surface area (Å²) in [6.45, 7) is 0. The van der Waals surface area contributed by atoms with Crippen molar-refractivity contribution in [1.29, 1.82) is 5.26 Å². The van der Waals surface area contributed by atoms with E-state index in [1.807, 2.05) is 0 Å². The molecule has 2 aromatic rings. The van der Waals surface area contributed by atoms with Crippen LogP contribution in [0.15, 0.2) is 36.5 Å². The molecule has 1 heterocycles. The molecule has 3 rings (SSSR count). The maximum atomic E-state index is 12.9. The van der Waals surface area contributed by atoms with E-state index >= 15 is 0 Å². The van der Waals surface area contributed by atoms with E-state index in [9.17, 15) is 4.39 Å². The van der Waals surface area contributed by atoms with Crippen molar-refractivity contribution in [1.82, 2.24) is 9.97 Å². The van der Waals surface area contributed by atoms with Gasteiger partial charge in [-0.1, -0.05) is 0 Å². The third kappa shape index (κ3) is 1.74. The second-order valence-electron chi connectivity index (χ2n) is 4.47. The largest absolute Gasteiger partial charge is 0.240 e. The van der Waals surface area contributed by atoms with E-state index in [-0.39, 0.29) is 5.82 Å². The Labute approximate surface area is 104 Å². The Morgan fingerprint density at radius 3 is 2.50 bits per heavy atom. The van der Waals surface area contributed by atoms with E-state index in [0.717, 1.165) is 24.1 Å². The highest BCUT2D eigenvalue weighted by Crippen LogP contribution is 2.45. The van der Waals surface area contributed by atoms with Gasteiger partial charge in [-0.15, -0.1) is 0 Å². The molecular weight excluding hydrogens is 229 g/mol. The highest BCUT2D eigenvalue weighted by molar-refractivity contribution is 5.58. The van der Waals surface area contributed by atoms with Gasteiger partial charge in [0.05, 0.1) is 11.8 Å². The summed E-state index contributed by atoms with van der Waals surface area (Å²) < 4.78 is 12.9. The lowest BCUT2D eigenvalue weighted by Gasteiger charge is -2.06. The fraction of sp³-hybridized carbons (Fsp3) is 0.214. The SMILES string of the molecule is N#CC1(c2nccc(-c3ccc(F)cc3)n2)CC1. The monoisotopic (exact) mass is 239 g/mol. The molecule has 1 saturated carbocycles. The van der Waals surface area contributed by atoms with E-state index in [0.29, 0.717) is 5.82 Å². The topological polar surface area (TPSA) is 49.6 Å². The van der Waals surface area contributed by atoms with Crippen molar-refractivity contribution in [3.63, 3.8) is 0 Å². The first-order valence-electron chi connectivity index (χ1n) is 5.74. The number of nitriles is 1. The Morgan fingerprint density at radius 2 is 1.89 bits per heavy atom. The predicted molar refractivity (Wildman–Crippen MR) is 64.0 cm³/mol. The molecule has 1 fully saturated rings. The zero-order valence-electron chi connectivity index (χ0n) is 9.60. The summed E-state index contributed by atoms with van der Waals surface area (Å²) in [6, 6.07) is 10.2. The van der Waals surface area contributed by atoms with Crippen LogP contribution >= 0.6 is 0 Å². The molecule has 1 aliphatic carbocycles. The van der Waals surface area contributed by atoms with Crippen molar-refractivity contribution in [3.8, 4) is 17.3 Å². The molecule has 0 N–H and O–H groups in total. The molecule has 0 aliphatic heterocycles. The summed E-state index contributed by atoms with van der Waals surface area (Å²) in [5.41, 5.74) is 1.06. The Morgan fingerprint density at radius 1 is 1.17 bits per heavy atom. The van der Waals surface area contributed by atoms with E-state index in [1.165, 1.54) is 12.1 Å². The van der Waals surface area contributed by atoms with Crippen molar-refractivity contribution in [2.45, 2.75) is 18.3 Å². The molecule has 18 heavy (non-hydrogen) atoms. The molecule has 0 amide bonds. The molecule has 0 radical (unpaired) electrons. The van der Waals surface area contributed by atoms with Gasteiger partial charge in [0.2, 0.25) is 0 Å². The molecule has 1 aliphatic rings. The zero-order valence-corrected chi connectivity index (χ0v) is 9.60.